The minimum absolute atomic E-state index is 0.0875. The van der Waals surface area contributed by atoms with Gasteiger partial charge in [0.1, 0.15) is 28.6 Å². The Hall–Kier alpha value is -3.22. The van der Waals surface area contributed by atoms with Gasteiger partial charge in [0.25, 0.3) is 0 Å². The normalized spacial score (nSPS) is 11.7. The zero-order chi connectivity index (χ0) is 20.3. The lowest BCUT2D eigenvalue weighted by atomic mass is 9.95. The van der Waals surface area contributed by atoms with Gasteiger partial charge in [0.05, 0.1) is 24.3 Å². The van der Waals surface area contributed by atoms with E-state index >= 15 is 0 Å². The number of rotatable bonds is 6. The minimum Gasteiger partial charge on any atom is -0.508 e. The van der Waals surface area contributed by atoms with E-state index in [1.54, 1.807) is 13.8 Å². The number of aromatic hydroxyl groups is 3. The molecule has 1 atom stereocenters. The van der Waals surface area contributed by atoms with Gasteiger partial charge >= 0.3 is 5.97 Å². The van der Waals surface area contributed by atoms with Gasteiger partial charge in [0.15, 0.2) is 0 Å². The van der Waals surface area contributed by atoms with E-state index in [4.69, 9.17) is 9.47 Å². The molecule has 3 N–H and O–H groups in total. The van der Waals surface area contributed by atoms with E-state index in [0.29, 0.717) is 12.0 Å². The summed E-state index contributed by atoms with van der Waals surface area (Å²) in [7, 11) is 1.27. The van der Waals surface area contributed by atoms with Gasteiger partial charge in [-0.3, -0.25) is 4.79 Å². The average molecular weight is 374 g/mol. The van der Waals surface area contributed by atoms with E-state index in [1.165, 1.54) is 19.2 Å². The fourth-order valence-corrected chi connectivity index (χ4v) is 2.59. The molecule has 0 heterocycles. The molecule has 2 rings (SSSR count). The molecule has 0 saturated carbocycles. The summed E-state index contributed by atoms with van der Waals surface area (Å²) in [5.74, 6) is -2.92. The predicted molar refractivity (Wildman–Crippen MR) is 97.8 cm³/mol. The minimum atomic E-state index is -0.835. The van der Waals surface area contributed by atoms with Crippen LogP contribution in [0.4, 0.5) is 0 Å². The Morgan fingerprint density at radius 3 is 2.15 bits per heavy atom. The Balaban J connectivity index is 2.68. The summed E-state index contributed by atoms with van der Waals surface area (Å²) in [5, 5.41) is 30.2. The number of carbonyl (C=O) groups is 2. The zero-order valence-corrected chi connectivity index (χ0v) is 15.6. The van der Waals surface area contributed by atoms with Gasteiger partial charge in [-0.2, -0.15) is 0 Å². The number of esters is 1. The van der Waals surface area contributed by atoms with Crippen molar-refractivity contribution in [1.29, 1.82) is 0 Å². The van der Waals surface area contributed by atoms with Crippen molar-refractivity contribution in [3.63, 3.8) is 0 Å². The number of carbonyl (C=O) groups excluding carboxylic acids is 2. The van der Waals surface area contributed by atoms with Crippen LogP contribution < -0.4 is 4.74 Å². The number of hydrogen-bond acceptors (Lipinski definition) is 7. The number of hydrogen-bond donors (Lipinski definition) is 3. The Bertz CT molecular complexity index is 863. The molecular weight excluding hydrogens is 352 g/mol. The average Bonchev–Trinajstić information content (AvgIpc) is 2.59. The first-order valence-electron chi connectivity index (χ1n) is 8.38. The van der Waals surface area contributed by atoms with E-state index in [1.807, 2.05) is 6.92 Å². The van der Waals surface area contributed by atoms with Crippen LogP contribution in [0.25, 0.3) is 0 Å². The summed E-state index contributed by atoms with van der Waals surface area (Å²) < 4.78 is 10.4. The van der Waals surface area contributed by atoms with Crippen LogP contribution in [0.1, 0.15) is 52.1 Å². The molecule has 0 spiro atoms. The Morgan fingerprint density at radius 2 is 1.63 bits per heavy atom. The second-order valence-corrected chi connectivity index (χ2v) is 6.20. The smallest absolute Gasteiger partial charge is 0.339 e. The van der Waals surface area contributed by atoms with Crippen LogP contribution in [-0.2, 0) is 4.74 Å². The molecule has 0 aliphatic heterocycles. The van der Waals surface area contributed by atoms with Crippen molar-refractivity contribution >= 4 is 11.8 Å². The molecule has 0 radical (unpaired) electrons. The molecule has 7 nitrogen and oxygen atoms in total. The Kier molecular flexibility index (Phi) is 5.95. The van der Waals surface area contributed by atoms with Crippen molar-refractivity contribution in [3.8, 4) is 23.0 Å². The number of phenols is 3. The summed E-state index contributed by atoms with van der Waals surface area (Å²) in [6.45, 7) is 5.16. The molecule has 0 saturated heterocycles. The number of aryl methyl sites for hydroxylation is 1. The molecule has 0 aliphatic rings. The maximum absolute atomic E-state index is 13.1. The van der Waals surface area contributed by atoms with Crippen LogP contribution in [0.15, 0.2) is 24.3 Å². The van der Waals surface area contributed by atoms with E-state index in [9.17, 15) is 24.9 Å². The number of ketones is 1. The van der Waals surface area contributed by atoms with Crippen molar-refractivity contribution in [2.24, 2.45) is 0 Å². The van der Waals surface area contributed by atoms with Crippen LogP contribution in [0.3, 0.4) is 0 Å². The first kappa shape index (κ1) is 20.1. The summed E-state index contributed by atoms with van der Waals surface area (Å²) in [4.78, 5) is 25.6. The second kappa shape index (κ2) is 7.99. The molecular formula is C20H22O7. The molecule has 2 aromatic carbocycles. The molecule has 0 bridgehead atoms. The molecule has 144 valence electrons. The Labute approximate surface area is 156 Å². The van der Waals surface area contributed by atoms with Crippen LogP contribution in [0.5, 0.6) is 23.0 Å². The van der Waals surface area contributed by atoms with Crippen molar-refractivity contribution in [1.82, 2.24) is 0 Å². The molecule has 0 fully saturated rings. The van der Waals surface area contributed by atoms with Crippen LogP contribution in [0, 0.1) is 6.92 Å². The van der Waals surface area contributed by atoms with Crippen LogP contribution >= 0.6 is 0 Å². The topological polar surface area (TPSA) is 113 Å². The molecule has 0 aromatic heterocycles. The SMILES string of the molecule is CCC(C)OC(=O)c1cc(O)cc(OC)c1C(=O)c1c(O)cc(C)cc1O. The summed E-state index contributed by atoms with van der Waals surface area (Å²) in [5.41, 5.74) is -0.271. The molecule has 2 aromatic rings. The van der Waals surface area contributed by atoms with Gasteiger partial charge in [0, 0.05) is 6.07 Å². The lowest BCUT2D eigenvalue weighted by molar-refractivity contribution is 0.0331. The van der Waals surface area contributed by atoms with E-state index in [-0.39, 0.29) is 28.2 Å². The number of methoxy groups -OCH3 is 1. The molecule has 0 aliphatic carbocycles. The van der Waals surface area contributed by atoms with Gasteiger partial charge in [-0.05, 0) is 44.0 Å². The molecule has 0 amide bonds. The first-order valence-corrected chi connectivity index (χ1v) is 8.38. The fourth-order valence-electron chi connectivity index (χ4n) is 2.59. The zero-order valence-electron chi connectivity index (χ0n) is 15.6. The van der Waals surface area contributed by atoms with E-state index < -0.39 is 29.4 Å². The summed E-state index contributed by atoms with van der Waals surface area (Å²) in [6, 6.07) is 4.88. The van der Waals surface area contributed by atoms with Crippen molar-refractivity contribution < 1.29 is 34.4 Å². The van der Waals surface area contributed by atoms with E-state index in [0.717, 1.165) is 12.1 Å². The second-order valence-electron chi connectivity index (χ2n) is 6.20. The lowest BCUT2D eigenvalue weighted by Crippen LogP contribution is -2.18. The molecule has 7 heteroatoms. The van der Waals surface area contributed by atoms with Crippen molar-refractivity contribution in [3.05, 3.63) is 46.5 Å². The van der Waals surface area contributed by atoms with Gasteiger partial charge in [-0.15, -0.1) is 0 Å². The summed E-state index contributed by atoms with van der Waals surface area (Å²) in [6.07, 6.45) is 0.153. The largest absolute Gasteiger partial charge is 0.508 e. The monoisotopic (exact) mass is 374 g/mol. The molecule has 27 heavy (non-hydrogen) atoms. The summed E-state index contributed by atoms with van der Waals surface area (Å²) >= 11 is 0. The van der Waals surface area contributed by atoms with Gasteiger partial charge in [-0.1, -0.05) is 6.92 Å². The third-order valence-corrected chi connectivity index (χ3v) is 4.11. The first-order chi connectivity index (χ1) is 12.7. The van der Waals surface area contributed by atoms with Crippen molar-refractivity contribution in [2.45, 2.75) is 33.3 Å². The highest BCUT2D eigenvalue weighted by Crippen LogP contribution is 2.36. The van der Waals surface area contributed by atoms with Gasteiger partial charge in [-0.25, -0.2) is 4.79 Å². The highest BCUT2D eigenvalue weighted by molar-refractivity contribution is 6.18. The number of benzene rings is 2. The highest BCUT2D eigenvalue weighted by Gasteiger charge is 2.29. The standard InChI is InChI=1S/C20H22O7/c1-5-11(3)27-20(25)13-8-12(21)9-16(26-4)17(13)19(24)18-14(22)6-10(2)7-15(18)23/h6-9,11,21-23H,5H2,1-4H3. The Morgan fingerprint density at radius 1 is 1.04 bits per heavy atom. The van der Waals surface area contributed by atoms with Crippen LogP contribution in [-0.4, -0.2) is 40.3 Å². The van der Waals surface area contributed by atoms with Crippen LogP contribution in [0.2, 0.25) is 0 Å². The number of ether oxygens (including phenoxy) is 2. The predicted octanol–water partition coefficient (Wildman–Crippen LogP) is 3.31. The lowest BCUT2D eigenvalue weighted by Gasteiger charge is -2.17. The highest BCUT2D eigenvalue weighted by atomic mass is 16.5. The maximum Gasteiger partial charge on any atom is 0.339 e. The molecule has 1 unspecified atom stereocenters. The quantitative estimate of drug-likeness (QED) is 0.525. The van der Waals surface area contributed by atoms with E-state index in [2.05, 4.69) is 0 Å². The van der Waals surface area contributed by atoms with Gasteiger partial charge < -0.3 is 24.8 Å². The maximum atomic E-state index is 13.1. The van der Waals surface area contributed by atoms with Crippen molar-refractivity contribution in [2.75, 3.05) is 7.11 Å². The van der Waals surface area contributed by atoms with Gasteiger partial charge in [0.2, 0.25) is 5.78 Å². The third-order valence-electron chi connectivity index (χ3n) is 4.11. The fraction of sp³-hybridized carbons (Fsp3) is 0.300. The number of phenolic OH excluding ortho intramolecular Hbond substituents is 3. The third kappa shape index (κ3) is 4.13.